The van der Waals surface area contributed by atoms with Crippen molar-refractivity contribution in [3.63, 3.8) is 0 Å². The summed E-state index contributed by atoms with van der Waals surface area (Å²) in [4.78, 5) is 15.5. The average Bonchev–Trinajstić information content (AvgIpc) is 3.02. The Labute approximate surface area is 138 Å². The lowest BCUT2D eigenvalue weighted by molar-refractivity contribution is 0.0697. The maximum atomic E-state index is 11.3. The first kappa shape index (κ1) is 14.2. The second-order valence-corrected chi connectivity index (χ2v) is 5.52. The van der Waals surface area contributed by atoms with Crippen molar-refractivity contribution >= 4 is 16.9 Å². The smallest absolute Gasteiger partial charge is 0.335 e. The van der Waals surface area contributed by atoms with Crippen LogP contribution in [0.25, 0.3) is 27.8 Å². The topological polar surface area (TPSA) is 55.1 Å². The first-order chi connectivity index (χ1) is 11.7. The Morgan fingerprint density at radius 1 is 0.958 bits per heavy atom. The fourth-order valence-corrected chi connectivity index (χ4v) is 2.94. The number of carbonyl (C=O) groups is 1. The molecule has 0 fully saturated rings. The summed E-state index contributed by atoms with van der Waals surface area (Å²) in [6.07, 6.45) is 3.54. The van der Waals surface area contributed by atoms with Crippen LogP contribution in [0.15, 0.2) is 79.1 Å². The zero-order valence-corrected chi connectivity index (χ0v) is 12.8. The lowest BCUT2D eigenvalue weighted by atomic mass is 10.1. The predicted octanol–water partition coefficient (Wildman–Crippen LogP) is 4.39. The van der Waals surface area contributed by atoms with Crippen LogP contribution in [-0.2, 0) is 0 Å². The molecule has 0 unspecified atom stereocenters. The van der Waals surface area contributed by atoms with Gasteiger partial charge in [0.05, 0.1) is 28.7 Å². The van der Waals surface area contributed by atoms with Crippen LogP contribution >= 0.6 is 0 Å². The predicted molar refractivity (Wildman–Crippen MR) is 93.5 cm³/mol. The van der Waals surface area contributed by atoms with Crippen molar-refractivity contribution in [1.29, 1.82) is 0 Å². The summed E-state index contributed by atoms with van der Waals surface area (Å²) < 4.78 is 2.10. The second kappa shape index (κ2) is 5.66. The Kier molecular flexibility index (Phi) is 3.35. The highest BCUT2D eigenvalue weighted by Crippen LogP contribution is 2.31. The molecule has 4 nitrogen and oxygen atoms in total. The lowest BCUT2D eigenvalue weighted by Crippen LogP contribution is -1.99. The molecule has 2 aromatic heterocycles. The summed E-state index contributed by atoms with van der Waals surface area (Å²) in [6.45, 7) is 0. The quantitative estimate of drug-likeness (QED) is 0.610. The minimum absolute atomic E-state index is 0.274. The summed E-state index contributed by atoms with van der Waals surface area (Å²) >= 11 is 0. The second-order valence-electron chi connectivity index (χ2n) is 5.52. The summed E-state index contributed by atoms with van der Waals surface area (Å²) in [5.41, 5.74) is 4.06. The van der Waals surface area contributed by atoms with E-state index in [1.807, 2.05) is 42.5 Å². The number of carboxylic acids is 1. The molecule has 0 saturated carbocycles. The van der Waals surface area contributed by atoms with Crippen LogP contribution in [0, 0.1) is 0 Å². The molecule has 0 spiro atoms. The summed E-state index contributed by atoms with van der Waals surface area (Å²) in [6, 6.07) is 21.0. The fourth-order valence-electron chi connectivity index (χ4n) is 2.94. The zero-order chi connectivity index (χ0) is 16.5. The summed E-state index contributed by atoms with van der Waals surface area (Å²) in [5.74, 6) is -0.930. The summed E-state index contributed by atoms with van der Waals surface area (Å²) in [5, 5.41) is 10.4. The van der Waals surface area contributed by atoms with Gasteiger partial charge < -0.3 is 9.67 Å². The third-order valence-electron chi connectivity index (χ3n) is 4.02. The van der Waals surface area contributed by atoms with Crippen LogP contribution in [0.5, 0.6) is 0 Å². The van der Waals surface area contributed by atoms with Gasteiger partial charge in [-0.15, -0.1) is 0 Å². The Bertz CT molecular complexity index is 1040. The number of benzene rings is 2. The molecule has 0 bridgehead atoms. The Morgan fingerprint density at radius 3 is 2.62 bits per heavy atom. The fraction of sp³-hybridized carbons (Fsp3) is 0. The van der Waals surface area contributed by atoms with Gasteiger partial charge in [-0.2, -0.15) is 0 Å². The van der Waals surface area contributed by atoms with Crippen molar-refractivity contribution < 1.29 is 9.90 Å². The Hall–Kier alpha value is -3.40. The monoisotopic (exact) mass is 314 g/mol. The van der Waals surface area contributed by atoms with Crippen LogP contribution < -0.4 is 0 Å². The van der Waals surface area contributed by atoms with Crippen molar-refractivity contribution in [3.8, 4) is 16.9 Å². The molecule has 116 valence electrons. The van der Waals surface area contributed by atoms with Crippen LogP contribution in [0.2, 0.25) is 0 Å². The van der Waals surface area contributed by atoms with Gasteiger partial charge in [-0.25, -0.2) is 4.79 Å². The maximum absolute atomic E-state index is 11.3. The van der Waals surface area contributed by atoms with E-state index in [0.29, 0.717) is 0 Å². The lowest BCUT2D eigenvalue weighted by Gasteiger charge is -2.11. The van der Waals surface area contributed by atoms with Crippen LogP contribution in [0.1, 0.15) is 10.4 Å². The highest BCUT2D eigenvalue weighted by atomic mass is 16.4. The van der Waals surface area contributed by atoms with Crippen LogP contribution in [0.4, 0.5) is 0 Å². The molecule has 2 aromatic carbocycles. The van der Waals surface area contributed by atoms with Crippen molar-refractivity contribution in [3.05, 3.63) is 84.7 Å². The molecule has 4 aromatic rings. The molecule has 0 aliphatic heterocycles. The van der Waals surface area contributed by atoms with Gasteiger partial charge in [-0.3, -0.25) is 4.98 Å². The van der Waals surface area contributed by atoms with Crippen LogP contribution in [0.3, 0.4) is 0 Å². The van der Waals surface area contributed by atoms with Crippen LogP contribution in [-0.4, -0.2) is 20.6 Å². The van der Waals surface area contributed by atoms with Crippen molar-refractivity contribution in [1.82, 2.24) is 9.55 Å². The Balaban J connectivity index is 2.02. The van der Waals surface area contributed by atoms with Gasteiger partial charge in [0, 0.05) is 11.6 Å². The van der Waals surface area contributed by atoms with Gasteiger partial charge in [0.1, 0.15) is 0 Å². The maximum Gasteiger partial charge on any atom is 0.335 e. The van der Waals surface area contributed by atoms with E-state index in [1.165, 1.54) is 0 Å². The molecule has 0 amide bonds. The van der Waals surface area contributed by atoms with Gasteiger partial charge in [0.15, 0.2) is 0 Å². The molecule has 1 N–H and O–H groups in total. The highest BCUT2D eigenvalue weighted by Gasteiger charge is 2.13. The molecule has 4 heteroatoms. The number of aromatic carboxylic acids is 1. The molecule has 24 heavy (non-hydrogen) atoms. The number of hydrogen-bond acceptors (Lipinski definition) is 2. The normalized spacial score (nSPS) is 10.8. The number of nitrogens with zero attached hydrogens (tertiary/aromatic N) is 2. The molecule has 4 rings (SSSR count). The standard InChI is InChI=1S/C20H14N2O2/c23-20(24)16-7-3-6-14(11-16)19-12-15-5-1-2-9-18(15)22(19)17-8-4-10-21-13-17/h1-13H,(H,23,24). The van der Waals surface area contributed by atoms with E-state index in [0.717, 1.165) is 27.8 Å². The van der Waals surface area contributed by atoms with E-state index in [-0.39, 0.29) is 5.56 Å². The third kappa shape index (κ3) is 2.34. The SMILES string of the molecule is O=C(O)c1cccc(-c2cc3ccccc3n2-c2cccnc2)c1. The molecule has 0 aliphatic carbocycles. The van der Waals surface area contributed by atoms with Gasteiger partial charge in [0.2, 0.25) is 0 Å². The molecule has 0 radical (unpaired) electrons. The van der Waals surface area contributed by atoms with E-state index in [9.17, 15) is 9.90 Å². The van der Waals surface area contributed by atoms with E-state index < -0.39 is 5.97 Å². The van der Waals surface area contributed by atoms with E-state index in [2.05, 4.69) is 15.6 Å². The zero-order valence-electron chi connectivity index (χ0n) is 12.8. The first-order valence-corrected chi connectivity index (χ1v) is 7.59. The molecule has 0 saturated heterocycles. The van der Waals surface area contributed by atoms with Crippen molar-refractivity contribution in [2.24, 2.45) is 0 Å². The molecule has 0 atom stereocenters. The first-order valence-electron chi connectivity index (χ1n) is 7.59. The van der Waals surface area contributed by atoms with E-state index in [1.54, 1.807) is 30.6 Å². The number of hydrogen-bond donors (Lipinski definition) is 1. The average molecular weight is 314 g/mol. The van der Waals surface area contributed by atoms with Gasteiger partial charge in [-0.1, -0.05) is 30.3 Å². The number of para-hydroxylation sites is 1. The number of rotatable bonds is 3. The number of aromatic nitrogens is 2. The minimum Gasteiger partial charge on any atom is -0.478 e. The molecular formula is C20H14N2O2. The summed E-state index contributed by atoms with van der Waals surface area (Å²) in [7, 11) is 0. The van der Waals surface area contributed by atoms with Gasteiger partial charge in [-0.05, 0) is 42.0 Å². The Morgan fingerprint density at radius 2 is 1.83 bits per heavy atom. The molecule has 2 heterocycles. The van der Waals surface area contributed by atoms with Gasteiger partial charge >= 0.3 is 5.97 Å². The van der Waals surface area contributed by atoms with Gasteiger partial charge in [0.25, 0.3) is 0 Å². The number of pyridine rings is 1. The highest BCUT2D eigenvalue weighted by molar-refractivity contribution is 5.92. The van der Waals surface area contributed by atoms with Crippen molar-refractivity contribution in [2.75, 3.05) is 0 Å². The van der Waals surface area contributed by atoms with E-state index in [4.69, 9.17) is 0 Å². The molecule has 0 aliphatic rings. The number of carboxylic acid groups (broad SMARTS) is 1. The van der Waals surface area contributed by atoms with Crippen molar-refractivity contribution in [2.45, 2.75) is 0 Å². The van der Waals surface area contributed by atoms with E-state index >= 15 is 0 Å². The molecular weight excluding hydrogens is 300 g/mol. The minimum atomic E-state index is -0.930. The number of fused-ring (bicyclic) bond motifs is 1. The largest absolute Gasteiger partial charge is 0.478 e. The third-order valence-corrected chi connectivity index (χ3v) is 4.02.